The van der Waals surface area contributed by atoms with E-state index in [0.717, 1.165) is 10.2 Å². The third-order valence-corrected chi connectivity index (χ3v) is 3.38. The van der Waals surface area contributed by atoms with Crippen molar-refractivity contribution in [2.75, 3.05) is 0 Å². The molecule has 0 saturated carbocycles. The molecule has 0 aliphatic rings. The summed E-state index contributed by atoms with van der Waals surface area (Å²) in [5, 5.41) is 0.705. The molecule has 2 aromatic rings. The second kappa shape index (κ2) is 5.02. The van der Waals surface area contributed by atoms with Crippen LogP contribution < -0.4 is 4.57 Å². The zero-order valence-electron chi connectivity index (χ0n) is 9.64. The van der Waals surface area contributed by atoms with Gasteiger partial charge in [-0.2, -0.15) is 4.57 Å². The van der Waals surface area contributed by atoms with E-state index in [1.54, 1.807) is 11.3 Å². The summed E-state index contributed by atoms with van der Waals surface area (Å²) in [7, 11) is 0. The van der Waals surface area contributed by atoms with E-state index in [0.29, 0.717) is 5.02 Å². The van der Waals surface area contributed by atoms with Crippen LogP contribution in [0.2, 0.25) is 5.02 Å². The van der Waals surface area contributed by atoms with Gasteiger partial charge in [-0.05, 0) is 26.0 Å². The molecule has 90 valence electrons. The second-order valence-electron chi connectivity index (χ2n) is 4.00. The van der Waals surface area contributed by atoms with Gasteiger partial charge in [-0.3, -0.25) is 0 Å². The van der Waals surface area contributed by atoms with Crippen molar-refractivity contribution in [1.82, 2.24) is 0 Å². The summed E-state index contributed by atoms with van der Waals surface area (Å²) in [6.07, 6.45) is -0.0811. The zero-order valence-corrected chi connectivity index (χ0v) is 11.2. The number of nitrogens with zero attached hydrogens (tertiary/aromatic N) is 1. The van der Waals surface area contributed by atoms with Crippen molar-refractivity contribution in [1.29, 1.82) is 0 Å². The Morgan fingerprint density at radius 2 is 2.29 bits per heavy atom. The number of carbonyl (C=O) groups is 1. The summed E-state index contributed by atoms with van der Waals surface area (Å²) >= 11 is 7.47. The molecule has 0 unspecified atom stereocenters. The third kappa shape index (κ3) is 2.96. The molecule has 0 N–H and O–H groups in total. The standard InChI is InChI=1S/C12H13ClNO2S/c1-8(2)16-12(15)6-14-7-17-11-5-9(13)3-4-10(11)14/h3-5,7-8H,6H2,1-2H3/q+1. The lowest BCUT2D eigenvalue weighted by Crippen LogP contribution is -2.37. The maximum Gasteiger partial charge on any atom is 0.372 e. The van der Waals surface area contributed by atoms with Crippen LogP contribution in [-0.2, 0) is 16.1 Å². The molecule has 1 aromatic heterocycles. The van der Waals surface area contributed by atoms with Gasteiger partial charge in [-0.15, -0.1) is 0 Å². The minimum Gasteiger partial charge on any atom is -0.458 e. The fraction of sp³-hybridized carbons (Fsp3) is 0.333. The number of hydrogen-bond acceptors (Lipinski definition) is 3. The highest BCUT2D eigenvalue weighted by atomic mass is 35.5. The minimum absolute atomic E-state index is 0.0811. The van der Waals surface area contributed by atoms with Crippen molar-refractivity contribution in [3.63, 3.8) is 0 Å². The molecule has 0 atom stereocenters. The third-order valence-electron chi connectivity index (χ3n) is 2.20. The number of halogens is 1. The van der Waals surface area contributed by atoms with Gasteiger partial charge in [-0.25, -0.2) is 4.79 Å². The van der Waals surface area contributed by atoms with Gasteiger partial charge >= 0.3 is 5.97 Å². The molecule has 0 aliphatic heterocycles. The first-order chi connectivity index (χ1) is 8.06. The van der Waals surface area contributed by atoms with E-state index in [2.05, 4.69) is 0 Å². The topological polar surface area (TPSA) is 30.2 Å². The molecule has 0 spiro atoms. The van der Waals surface area contributed by atoms with Gasteiger partial charge in [-0.1, -0.05) is 22.9 Å². The fourth-order valence-corrected chi connectivity index (χ4v) is 2.73. The van der Waals surface area contributed by atoms with Crippen molar-refractivity contribution in [3.05, 3.63) is 28.7 Å². The summed E-state index contributed by atoms with van der Waals surface area (Å²) in [6.45, 7) is 3.92. The SMILES string of the molecule is CC(C)OC(=O)C[n+]1csc2cc(Cl)ccc21. The zero-order chi connectivity index (χ0) is 12.4. The van der Waals surface area contributed by atoms with Crippen LogP contribution in [0.25, 0.3) is 10.2 Å². The highest BCUT2D eigenvalue weighted by molar-refractivity contribution is 7.16. The lowest BCUT2D eigenvalue weighted by molar-refractivity contribution is -0.655. The molecule has 0 aliphatic carbocycles. The van der Waals surface area contributed by atoms with Crippen molar-refractivity contribution < 1.29 is 14.1 Å². The van der Waals surface area contributed by atoms with E-state index >= 15 is 0 Å². The summed E-state index contributed by atoms with van der Waals surface area (Å²) in [6, 6.07) is 5.63. The first-order valence-corrected chi connectivity index (χ1v) is 6.57. The maximum atomic E-state index is 11.6. The molecule has 0 radical (unpaired) electrons. The minimum atomic E-state index is -0.223. The molecule has 17 heavy (non-hydrogen) atoms. The summed E-state index contributed by atoms with van der Waals surface area (Å²) in [5.41, 5.74) is 2.91. The van der Waals surface area contributed by atoms with Crippen molar-refractivity contribution in [2.24, 2.45) is 0 Å². The molecule has 1 aromatic carbocycles. The normalized spacial score (nSPS) is 11.1. The summed E-state index contributed by atoms with van der Waals surface area (Å²) < 4.78 is 8.06. The molecule has 2 rings (SSSR count). The lowest BCUT2D eigenvalue weighted by Gasteiger charge is -2.04. The van der Waals surface area contributed by atoms with Gasteiger partial charge in [0.15, 0.2) is 0 Å². The predicted octanol–water partition coefficient (Wildman–Crippen LogP) is 2.79. The van der Waals surface area contributed by atoms with E-state index in [1.807, 2.05) is 42.1 Å². The number of hydrogen-bond donors (Lipinski definition) is 0. The smallest absolute Gasteiger partial charge is 0.372 e. The average molecular weight is 271 g/mol. The highest BCUT2D eigenvalue weighted by Gasteiger charge is 2.17. The van der Waals surface area contributed by atoms with Crippen LogP contribution in [0.3, 0.4) is 0 Å². The first kappa shape index (κ1) is 12.3. The quantitative estimate of drug-likeness (QED) is 0.634. The first-order valence-electron chi connectivity index (χ1n) is 5.32. The maximum absolute atomic E-state index is 11.6. The largest absolute Gasteiger partial charge is 0.458 e. The number of ether oxygens (including phenoxy) is 1. The van der Waals surface area contributed by atoms with Gasteiger partial charge in [0.05, 0.1) is 6.10 Å². The van der Waals surface area contributed by atoms with Crippen LogP contribution in [0.5, 0.6) is 0 Å². The fourth-order valence-electron chi connectivity index (χ4n) is 1.56. The van der Waals surface area contributed by atoms with Crippen LogP contribution in [0.4, 0.5) is 0 Å². The predicted molar refractivity (Wildman–Crippen MR) is 68.3 cm³/mol. The molecular formula is C12H13ClNO2S+. The van der Waals surface area contributed by atoms with Crippen LogP contribution >= 0.6 is 22.9 Å². The molecule has 0 saturated heterocycles. The van der Waals surface area contributed by atoms with Crippen LogP contribution in [0.1, 0.15) is 13.8 Å². The van der Waals surface area contributed by atoms with E-state index in [-0.39, 0.29) is 18.6 Å². The van der Waals surface area contributed by atoms with Crippen LogP contribution in [0.15, 0.2) is 23.7 Å². The Balaban J connectivity index is 2.22. The number of carbonyl (C=O) groups excluding carboxylic acids is 1. The Bertz CT molecular complexity index is 550. The number of aromatic nitrogens is 1. The Morgan fingerprint density at radius 1 is 1.53 bits per heavy atom. The van der Waals surface area contributed by atoms with Crippen molar-refractivity contribution in [2.45, 2.75) is 26.5 Å². The number of esters is 1. The van der Waals surface area contributed by atoms with Gasteiger partial charge in [0.1, 0.15) is 4.70 Å². The Kier molecular flexibility index (Phi) is 3.64. The van der Waals surface area contributed by atoms with Crippen LogP contribution in [0, 0.1) is 0 Å². The Labute approximate surface area is 109 Å². The van der Waals surface area contributed by atoms with E-state index in [1.165, 1.54) is 0 Å². The van der Waals surface area contributed by atoms with Gasteiger partial charge in [0, 0.05) is 11.1 Å². The molecule has 1 heterocycles. The Morgan fingerprint density at radius 3 is 3.00 bits per heavy atom. The summed E-state index contributed by atoms with van der Waals surface area (Å²) in [4.78, 5) is 11.6. The molecule has 0 bridgehead atoms. The molecule has 3 nitrogen and oxygen atoms in total. The molecule has 0 fully saturated rings. The monoisotopic (exact) mass is 270 g/mol. The number of thiazole rings is 1. The molecule has 5 heteroatoms. The lowest BCUT2D eigenvalue weighted by atomic mass is 10.3. The van der Waals surface area contributed by atoms with Gasteiger partial charge < -0.3 is 4.74 Å². The number of rotatable bonds is 3. The van der Waals surface area contributed by atoms with E-state index in [4.69, 9.17) is 16.3 Å². The molecule has 0 amide bonds. The van der Waals surface area contributed by atoms with Crippen molar-refractivity contribution in [3.8, 4) is 0 Å². The molecular weight excluding hydrogens is 258 g/mol. The Hall–Kier alpha value is -1.13. The van der Waals surface area contributed by atoms with Crippen molar-refractivity contribution >= 4 is 39.1 Å². The average Bonchev–Trinajstić information content (AvgIpc) is 2.59. The van der Waals surface area contributed by atoms with E-state index < -0.39 is 0 Å². The number of benzene rings is 1. The van der Waals surface area contributed by atoms with E-state index in [9.17, 15) is 4.79 Å². The van der Waals surface area contributed by atoms with Gasteiger partial charge in [0.2, 0.25) is 17.6 Å². The summed E-state index contributed by atoms with van der Waals surface area (Å²) in [5.74, 6) is -0.223. The highest BCUT2D eigenvalue weighted by Crippen LogP contribution is 2.20. The van der Waals surface area contributed by atoms with Crippen LogP contribution in [-0.4, -0.2) is 12.1 Å². The van der Waals surface area contributed by atoms with Gasteiger partial charge in [0.25, 0.3) is 0 Å². The number of fused-ring (bicyclic) bond motifs is 1. The second-order valence-corrected chi connectivity index (χ2v) is 5.32.